The Morgan fingerprint density at radius 3 is 2.59 bits per heavy atom. The number of furan rings is 1. The van der Waals surface area contributed by atoms with E-state index in [1.165, 1.54) is 6.26 Å². The van der Waals surface area contributed by atoms with Gasteiger partial charge in [0.1, 0.15) is 0 Å². The molecule has 2 fully saturated rings. The number of nitrogens with zero attached hydrogens (tertiary/aromatic N) is 2. The average molecular weight is 393 g/mol. The number of hydrogen-bond donors (Lipinski definition) is 1. The number of H-pyrrole nitrogens is 1. The Morgan fingerprint density at radius 1 is 0.966 bits per heavy atom. The number of fused-ring (bicyclic) bond motifs is 1. The van der Waals surface area contributed by atoms with Crippen molar-refractivity contribution in [3.05, 3.63) is 60.2 Å². The summed E-state index contributed by atoms with van der Waals surface area (Å²) in [6.07, 6.45) is 4.71. The van der Waals surface area contributed by atoms with Crippen LogP contribution in [0.1, 0.15) is 33.8 Å². The summed E-state index contributed by atoms with van der Waals surface area (Å²) in [5.74, 6) is 0.299. The number of ether oxygens (including phenoxy) is 1. The zero-order chi connectivity index (χ0) is 19.8. The molecule has 2 aliphatic rings. The number of hydrogen-bond acceptors (Lipinski definition) is 4. The summed E-state index contributed by atoms with van der Waals surface area (Å²) in [5.41, 5.74) is 1.27. The van der Waals surface area contributed by atoms with Crippen molar-refractivity contribution in [1.29, 1.82) is 0 Å². The van der Waals surface area contributed by atoms with E-state index in [4.69, 9.17) is 9.15 Å². The highest BCUT2D eigenvalue weighted by Gasteiger charge is 2.42. The van der Waals surface area contributed by atoms with Crippen LogP contribution < -0.4 is 0 Å². The molecular weight excluding hydrogens is 370 g/mol. The fourth-order valence-corrected chi connectivity index (χ4v) is 4.41. The molecule has 5 rings (SSSR count). The number of para-hydroxylation sites is 1. The number of rotatable bonds is 2. The molecule has 2 aromatic heterocycles. The molecule has 3 aromatic rings. The van der Waals surface area contributed by atoms with Gasteiger partial charge in [-0.2, -0.15) is 0 Å². The van der Waals surface area contributed by atoms with Gasteiger partial charge in [-0.1, -0.05) is 18.2 Å². The van der Waals surface area contributed by atoms with E-state index < -0.39 is 0 Å². The Kier molecular flexibility index (Phi) is 4.39. The molecule has 0 aliphatic carbocycles. The molecule has 29 heavy (non-hydrogen) atoms. The number of aromatic nitrogens is 1. The number of benzene rings is 1. The zero-order valence-electron chi connectivity index (χ0n) is 16.1. The predicted molar refractivity (Wildman–Crippen MR) is 107 cm³/mol. The van der Waals surface area contributed by atoms with E-state index in [9.17, 15) is 9.59 Å². The fraction of sp³-hybridized carbons (Fsp3) is 0.364. The molecule has 7 nitrogen and oxygen atoms in total. The Hall–Kier alpha value is -3.06. The summed E-state index contributed by atoms with van der Waals surface area (Å²) in [4.78, 5) is 32.6. The van der Waals surface area contributed by atoms with Crippen LogP contribution in [0.25, 0.3) is 10.9 Å². The molecule has 1 aromatic carbocycles. The molecule has 7 heteroatoms. The lowest BCUT2D eigenvalue weighted by Gasteiger charge is -2.47. The van der Waals surface area contributed by atoms with Crippen molar-refractivity contribution in [3.8, 4) is 0 Å². The monoisotopic (exact) mass is 393 g/mol. The Morgan fingerprint density at radius 2 is 1.79 bits per heavy atom. The topological polar surface area (TPSA) is 78.8 Å². The van der Waals surface area contributed by atoms with E-state index in [0.717, 1.165) is 10.9 Å². The lowest BCUT2D eigenvalue weighted by molar-refractivity contribution is -0.123. The third-order valence-electron chi connectivity index (χ3n) is 6.05. The van der Waals surface area contributed by atoms with E-state index in [-0.39, 0.29) is 17.4 Å². The second kappa shape index (κ2) is 7.08. The maximum atomic E-state index is 13.2. The summed E-state index contributed by atoms with van der Waals surface area (Å²) in [6, 6.07) is 11.2. The first-order valence-electron chi connectivity index (χ1n) is 9.97. The SMILES string of the molecule is O=C(c1ccco1)N1CCC2(CC1)CN(C(=O)c1c[nH]c3ccccc13)CCO2. The summed E-state index contributed by atoms with van der Waals surface area (Å²) < 4.78 is 11.4. The van der Waals surface area contributed by atoms with E-state index in [2.05, 4.69) is 4.98 Å². The van der Waals surface area contributed by atoms with Crippen LogP contribution in [0, 0.1) is 0 Å². The molecule has 0 unspecified atom stereocenters. The van der Waals surface area contributed by atoms with Crippen LogP contribution in [-0.4, -0.2) is 65.0 Å². The van der Waals surface area contributed by atoms with Crippen LogP contribution in [0.3, 0.4) is 0 Å². The molecule has 1 spiro atoms. The van der Waals surface area contributed by atoms with Crippen molar-refractivity contribution in [2.75, 3.05) is 32.8 Å². The number of amides is 2. The standard InChI is InChI=1S/C22H23N3O4/c26-20(17-14-23-18-5-2-1-4-16(17)18)25-11-13-29-22(15-25)7-9-24(10-8-22)21(27)19-6-3-12-28-19/h1-6,12,14,23H,7-11,13,15H2. The molecule has 2 amide bonds. The second-order valence-corrected chi connectivity index (χ2v) is 7.78. The van der Waals surface area contributed by atoms with Crippen molar-refractivity contribution in [3.63, 3.8) is 0 Å². The van der Waals surface area contributed by atoms with Gasteiger partial charge in [0, 0.05) is 36.7 Å². The molecule has 0 bridgehead atoms. The number of nitrogens with one attached hydrogen (secondary N) is 1. The van der Waals surface area contributed by atoms with Gasteiger partial charge in [-0.15, -0.1) is 0 Å². The zero-order valence-corrected chi connectivity index (χ0v) is 16.1. The normalized spacial score (nSPS) is 19.0. The van der Waals surface area contributed by atoms with Gasteiger partial charge in [0.05, 0.1) is 30.6 Å². The molecule has 0 radical (unpaired) electrons. The summed E-state index contributed by atoms with van der Waals surface area (Å²) in [5, 5.41) is 0.942. The quantitative estimate of drug-likeness (QED) is 0.726. The van der Waals surface area contributed by atoms with Gasteiger partial charge < -0.3 is 23.9 Å². The van der Waals surface area contributed by atoms with Gasteiger partial charge in [-0.25, -0.2) is 0 Å². The van der Waals surface area contributed by atoms with E-state index in [1.54, 1.807) is 23.2 Å². The minimum atomic E-state index is -0.389. The molecular formula is C22H23N3O4. The fourth-order valence-electron chi connectivity index (χ4n) is 4.41. The third kappa shape index (κ3) is 3.21. The number of carbonyl (C=O) groups is 2. The van der Waals surface area contributed by atoms with Crippen LogP contribution in [-0.2, 0) is 4.74 Å². The maximum absolute atomic E-state index is 13.2. The minimum absolute atomic E-state index is 0.0271. The van der Waals surface area contributed by atoms with Crippen LogP contribution in [0.5, 0.6) is 0 Å². The van der Waals surface area contributed by atoms with Gasteiger partial charge >= 0.3 is 0 Å². The smallest absolute Gasteiger partial charge is 0.289 e. The summed E-state index contributed by atoms with van der Waals surface area (Å²) in [6.45, 7) is 2.83. The first-order valence-corrected chi connectivity index (χ1v) is 9.97. The molecule has 0 saturated carbocycles. The third-order valence-corrected chi connectivity index (χ3v) is 6.05. The molecule has 150 valence electrons. The van der Waals surface area contributed by atoms with Gasteiger partial charge in [-0.05, 0) is 31.0 Å². The predicted octanol–water partition coefficient (Wildman–Crippen LogP) is 2.91. The Labute approximate surface area is 168 Å². The van der Waals surface area contributed by atoms with Crippen molar-refractivity contribution in [2.45, 2.75) is 18.4 Å². The van der Waals surface area contributed by atoms with Gasteiger partial charge in [0.15, 0.2) is 5.76 Å². The van der Waals surface area contributed by atoms with E-state index in [1.807, 2.05) is 29.2 Å². The molecule has 2 saturated heterocycles. The summed E-state index contributed by atoms with van der Waals surface area (Å²) in [7, 11) is 0. The molecule has 0 atom stereocenters. The second-order valence-electron chi connectivity index (χ2n) is 7.78. The number of aromatic amines is 1. The Bertz CT molecular complexity index is 1030. The van der Waals surface area contributed by atoms with Crippen LogP contribution >= 0.6 is 0 Å². The van der Waals surface area contributed by atoms with Crippen molar-refractivity contribution >= 4 is 22.7 Å². The largest absolute Gasteiger partial charge is 0.459 e. The number of carbonyl (C=O) groups excluding carboxylic acids is 2. The van der Waals surface area contributed by atoms with Crippen LogP contribution in [0.2, 0.25) is 0 Å². The van der Waals surface area contributed by atoms with Crippen molar-refractivity contribution < 1.29 is 18.7 Å². The van der Waals surface area contributed by atoms with Gasteiger partial charge in [0.25, 0.3) is 11.8 Å². The lowest BCUT2D eigenvalue weighted by atomic mass is 9.89. The number of morpholine rings is 1. The van der Waals surface area contributed by atoms with Gasteiger partial charge in [0.2, 0.25) is 0 Å². The van der Waals surface area contributed by atoms with E-state index >= 15 is 0 Å². The van der Waals surface area contributed by atoms with Crippen LogP contribution in [0.4, 0.5) is 0 Å². The lowest BCUT2D eigenvalue weighted by Crippen LogP contribution is -2.58. The highest BCUT2D eigenvalue weighted by atomic mass is 16.5. The van der Waals surface area contributed by atoms with Crippen molar-refractivity contribution in [1.82, 2.24) is 14.8 Å². The first-order chi connectivity index (χ1) is 14.2. The number of piperidine rings is 1. The molecule has 1 N–H and O–H groups in total. The van der Waals surface area contributed by atoms with Crippen molar-refractivity contribution in [2.24, 2.45) is 0 Å². The first kappa shape index (κ1) is 18.0. The molecule has 2 aliphatic heterocycles. The minimum Gasteiger partial charge on any atom is -0.459 e. The highest BCUT2D eigenvalue weighted by molar-refractivity contribution is 6.06. The van der Waals surface area contributed by atoms with Crippen LogP contribution in [0.15, 0.2) is 53.3 Å². The summed E-state index contributed by atoms with van der Waals surface area (Å²) >= 11 is 0. The average Bonchev–Trinajstić information content (AvgIpc) is 3.44. The van der Waals surface area contributed by atoms with E-state index in [0.29, 0.717) is 57.0 Å². The Balaban J connectivity index is 1.28. The highest BCUT2D eigenvalue weighted by Crippen LogP contribution is 2.32. The van der Waals surface area contributed by atoms with Gasteiger partial charge in [-0.3, -0.25) is 9.59 Å². The number of likely N-dealkylation sites (tertiary alicyclic amines) is 1. The molecule has 4 heterocycles. The maximum Gasteiger partial charge on any atom is 0.289 e.